The van der Waals surface area contributed by atoms with Gasteiger partial charge in [0.2, 0.25) is 5.51 Å². The van der Waals surface area contributed by atoms with E-state index in [1.165, 1.54) is 49.1 Å². The number of aromatic nitrogens is 1. The molecule has 23 heavy (non-hydrogen) atoms. The molecular formula is C18H26ClNO2S. The molecule has 1 aromatic rings. The van der Waals surface area contributed by atoms with Crippen LogP contribution < -0.4 is 17.4 Å². The van der Waals surface area contributed by atoms with Crippen molar-refractivity contribution in [2.45, 2.75) is 58.3 Å². The summed E-state index contributed by atoms with van der Waals surface area (Å²) in [4.78, 5) is 16.8. The highest BCUT2D eigenvalue weighted by atomic mass is 35.5. The number of ether oxygens (including phenoxy) is 1. The Hall–Kier alpha value is -0.610. The molecule has 5 heteroatoms. The van der Waals surface area contributed by atoms with Gasteiger partial charge >= 0.3 is 5.97 Å². The highest BCUT2D eigenvalue weighted by molar-refractivity contribution is 7.09. The molecule has 1 N–H and O–H groups in total. The van der Waals surface area contributed by atoms with Crippen LogP contribution in [0.4, 0.5) is 0 Å². The van der Waals surface area contributed by atoms with Crippen LogP contribution in [-0.2, 0) is 16.0 Å². The molecular weight excluding hydrogens is 330 g/mol. The number of esters is 1. The Kier molecular flexibility index (Phi) is 5.03. The maximum Gasteiger partial charge on any atom is 0.306 e. The van der Waals surface area contributed by atoms with E-state index in [1.807, 2.05) is 5.51 Å². The Morgan fingerprint density at radius 2 is 1.87 bits per heavy atom. The quantitative estimate of drug-likeness (QED) is 0.724. The fourth-order valence-electron chi connectivity index (χ4n) is 5.73. The lowest BCUT2D eigenvalue weighted by molar-refractivity contribution is -0.380. The summed E-state index contributed by atoms with van der Waals surface area (Å²) in [6.45, 7) is 2.60. The number of aryl methyl sites for hydroxylation is 1. The van der Waals surface area contributed by atoms with Crippen LogP contribution in [0.15, 0.2) is 5.51 Å². The van der Waals surface area contributed by atoms with Gasteiger partial charge in [-0.1, -0.05) is 11.3 Å². The van der Waals surface area contributed by atoms with Gasteiger partial charge in [-0.3, -0.25) is 4.79 Å². The SMILES string of the molecule is Cc1[nH+]csc1CCOC(=O)CC12CC3CC(CC(C3)C1)C2.[Cl-]. The summed E-state index contributed by atoms with van der Waals surface area (Å²) in [7, 11) is 0. The number of hydrogen-bond donors (Lipinski definition) is 0. The maximum atomic E-state index is 12.3. The van der Waals surface area contributed by atoms with Crippen LogP contribution in [0.25, 0.3) is 0 Å². The fourth-order valence-corrected chi connectivity index (χ4v) is 6.54. The Morgan fingerprint density at radius 1 is 1.26 bits per heavy atom. The molecule has 4 bridgehead atoms. The zero-order valence-corrected chi connectivity index (χ0v) is 15.3. The van der Waals surface area contributed by atoms with Crippen molar-refractivity contribution in [3.05, 3.63) is 16.1 Å². The van der Waals surface area contributed by atoms with Crippen LogP contribution in [0, 0.1) is 30.1 Å². The second kappa shape index (κ2) is 6.72. The van der Waals surface area contributed by atoms with Crippen LogP contribution in [0.3, 0.4) is 0 Å². The van der Waals surface area contributed by atoms with E-state index in [-0.39, 0.29) is 18.4 Å². The van der Waals surface area contributed by atoms with E-state index < -0.39 is 0 Å². The zero-order chi connectivity index (χ0) is 15.2. The number of aromatic amines is 1. The first-order chi connectivity index (χ1) is 10.6. The van der Waals surface area contributed by atoms with Crippen molar-refractivity contribution >= 4 is 17.3 Å². The number of carbonyl (C=O) groups excluding carboxylic acids is 1. The minimum atomic E-state index is 0. The Balaban J connectivity index is 0.00000156. The third-order valence-corrected chi connectivity index (χ3v) is 7.20. The predicted octanol–water partition coefficient (Wildman–Crippen LogP) is 0.567. The number of rotatable bonds is 5. The molecule has 0 unspecified atom stereocenters. The van der Waals surface area contributed by atoms with Crippen molar-refractivity contribution in [1.82, 2.24) is 0 Å². The minimum absolute atomic E-state index is 0. The fraction of sp³-hybridized carbons (Fsp3) is 0.778. The van der Waals surface area contributed by atoms with Gasteiger partial charge in [0.25, 0.3) is 0 Å². The van der Waals surface area contributed by atoms with Gasteiger partial charge in [-0.25, -0.2) is 4.98 Å². The molecule has 128 valence electrons. The first-order valence-corrected chi connectivity index (χ1v) is 9.60. The van der Waals surface area contributed by atoms with Crippen LogP contribution >= 0.6 is 11.3 Å². The second-order valence-electron chi connectivity index (χ2n) is 7.99. The van der Waals surface area contributed by atoms with Crippen molar-refractivity contribution < 1.29 is 26.9 Å². The molecule has 0 aliphatic heterocycles. The molecule has 0 aromatic carbocycles. The molecule has 4 aliphatic carbocycles. The van der Waals surface area contributed by atoms with Crippen molar-refractivity contribution in [2.75, 3.05) is 6.61 Å². The van der Waals surface area contributed by atoms with Crippen LogP contribution in [0.1, 0.15) is 55.5 Å². The first-order valence-electron chi connectivity index (χ1n) is 8.72. The lowest BCUT2D eigenvalue weighted by Crippen LogP contribution is -3.00. The van der Waals surface area contributed by atoms with Crippen molar-refractivity contribution in [3.63, 3.8) is 0 Å². The minimum Gasteiger partial charge on any atom is -1.00 e. The van der Waals surface area contributed by atoms with E-state index in [2.05, 4.69) is 11.9 Å². The normalized spacial score (nSPS) is 34.2. The molecule has 0 atom stereocenters. The zero-order valence-electron chi connectivity index (χ0n) is 13.8. The summed E-state index contributed by atoms with van der Waals surface area (Å²) in [5.41, 5.74) is 3.49. The summed E-state index contributed by atoms with van der Waals surface area (Å²) in [6, 6.07) is 0. The highest BCUT2D eigenvalue weighted by Crippen LogP contribution is 2.61. The molecule has 0 spiro atoms. The predicted molar refractivity (Wildman–Crippen MR) is 85.5 cm³/mol. The maximum absolute atomic E-state index is 12.3. The molecule has 4 aliphatic rings. The number of nitrogens with one attached hydrogen (secondary N) is 1. The molecule has 3 nitrogen and oxygen atoms in total. The molecule has 1 aromatic heterocycles. The monoisotopic (exact) mass is 355 g/mol. The van der Waals surface area contributed by atoms with Gasteiger partial charge in [0.15, 0.2) is 5.69 Å². The first kappa shape index (κ1) is 17.2. The Morgan fingerprint density at radius 3 is 2.39 bits per heavy atom. The third-order valence-electron chi connectivity index (χ3n) is 6.17. The van der Waals surface area contributed by atoms with E-state index in [0.29, 0.717) is 18.4 Å². The van der Waals surface area contributed by atoms with Gasteiger partial charge < -0.3 is 17.1 Å². The largest absolute Gasteiger partial charge is 1.00 e. The summed E-state index contributed by atoms with van der Waals surface area (Å²) in [5, 5.41) is 0. The lowest BCUT2D eigenvalue weighted by atomic mass is 9.49. The van der Waals surface area contributed by atoms with Gasteiger partial charge in [-0.2, -0.15) is 0 Å². The van der Waals surface area contributed by atoms with Crippen LogP contribution in [-0.4, -0.2) is 12.6 Å². The average Bonchev–Trinajstić information content (AvgIpc) is 2.82. The molecule has 0 amide bonds. The standard InChI is InChI=1S/C18H25NO2S.ClH/c1-12-16(22-11-19-12)2-3-21-17(20)10-18-7-13-4-14(8-18)6-15(5-13)9-18;/h11,13-15H,2-10H2,1H3;1H. The van der Waals surface area contributed by atoms with Gasteiger partial charge in [-0.05, 0) is 61.7 Å². The van der Waals surface area contributed by atoms with Crippen molar-refractivity contribution in [2.24, 2.45) is 23.2 Å². The van der Waals surface area contributed by atoms with Crippen LogP contribution in [0.2, 0.25) is 0 Å². The lowest BCUT2D eigenvalue weighted by Gasteiger charge is -2.56. The summed E-state index contributed by atoms with van der Waals surface area (Å²) >= 11 is 1.71. The molecule has 1 heterocycles. The molecule has 4 fully saturated rings. The van der Waals surface area contributed by atoms with E-state index in [0.717, 1.165) is 24.2 Å². The molecule has 0 saturated heterocycles. The van der Waals surface area contributed by atoms with Gasteiger partial charge in [0.05, 0.1) is 17.9 Å². The number of halogens is 1. The summed E-state index contributed by atoms with van der Waals surface area (Å²) in [6.07, 6.45) is 9.67. The Bertz CT molecular complexity index is 536. The second-order valence-corrected chi connectivity index (χ2v) is 8.96. The highest BCUT2D eigenvalue weighted by Gasteiger charge is 2.51. The molecule has 4 saturated carbocycles. The van der Waals surface area contributed by atoms with Crippen LogP contribution in [0.5, 0.6) is 0 Å². The summed E-state index contributed by atoms with van der Waals surface area (Å²) < 4.78 is 5.56. The molecule has 5 rings (SSSR count). The van der Waals surface area contributed by atoms with Gasteiger partial charge in [-0.15, -0.1) is 0 Å². The van der Waals surface area contributed by atoms with E-state index in [9.17, 15) is 4.79 Å². The van der Waals surface area contributed by atoms with E-state index >= 15 is 0 Å². The smallest absolute Gasteiger partial charge is 0.306 e. The van der Waals surface area contributed by atoms with E-state index in [1.54, 1.807) is 11.3 Å². The topological polar surface area (TPSA) is 40.4 Å². The number of thiazole rings is 1. The summed E-state index contributed by atoms with van der Waals surface area (Å²) in [5.74, 6) is 2.76. The number of hydrogen-bond acceptors (Lipinski definition) is 3. The number of carbonyl (C=O) groups is 1. The molecule has 0 radical (unpaired) electrons. The van der Waals surface area contributed by atoms with Gasteiger partial charge in [0, 0.05) is 13.3 Å². The van der Waals surface area contributed by atoms with Crippen molar-refractivity contribution in [1.29, 1.82) is 0 Å². The average molecular weight is 356 g/mol. The Labute approximate surface area is 148 Å². The van der Waals surface area contributed by atoms with Crippen molar-refractivity contribution in [3.8, 4) is 0 Å². The van der Waals surface area contributed by atoms with E-state index in [4.69, 9.17) is 4.74 Å². The number of H-pyrrole nitrogens is 1. The third kappa shape index (κ3) is 3.58. The van der Waals surface area contributed by atoms with Gasteiger partial charge in [0.1, 0.15) is 0 Å².